The molecule has 12 nitrogen and oxygen atoms in total. The number of hydrogen-bond acceptors (Lipinski definition) is 10. The Balaban J connectivity index is 1.29. The van der Waals surface area contributed by atoms with Gasteiger partial charge in [0.15, 0.2) is 12.1 Å². The number of thioether (sulfide) groups is 1. The number of benzene rings is 3. The summed E-state index contributed by atoms with van der Waals surface area (Å²) < 4.78 is 22.2. The summed E-state index contributed by atoms with van der Waals surface area (Å²) in [6, 6.07) is 23.0. The Kier molecular flexibility index (Phi) is 10.6. The van der Waals surface area contributed by atoms with Crippen molar-refractivity contribution in [2.45, 2.75) is 82.7 Å². The molecule has 53 heavy (non-hydrogen) atoms. The first kappa shape index (κ1) is 37.5. The molecule has 3 fully saturated rings. The van der Waals surface area contributed by atoms with Gasteiger partial charge in [-0.05, 0) is 88.9 Å². The first-order chi connectivity index (χ1) is 25.1. The van der Waals surface area contributed by atoms with E-state index in [-0.39, 0.29) is 17.4 Å². The number of fused-ring (bicyclic) bond motifs is 1. The van der Waals surface area contributed by atoms with Gasteiger partial charge in [0, 0.05) is 23.6 Å². The van der Waals surface area contributed by atoms with Crippen LogP contribution in [-0.2, 0) is 28.6 Å². The third kappa shape index (κ3) is 8.51. The zero-order valence-electron chi connectivity index (χ0n) is 30.5. The minimum atomic E-state index is -1.20. The Morgan fingerprint density at radius 3 is 1.96 bits per heavy atom. The summed E-state index contributed by atoms with van der Waals surface area (Å²) in [5.74, 6) is -0.972. The first-order valence-corrected chi connectivity index (χ1v) is 18.4. The molecule has 0 radical (unpaired) electrons. The van der Waals surface area contributed by atoms with Gasteiger partial charge in [0.2, 0.25) is 5.91 Å². The number of rotatable bonds is 7. The van der Waals surface area contributed by atoms with E-state index in [1.54, 1.807) is 70.7 Å². The van der Waals surface area contributed by atoms with Crippen molar-refractivity contribution in [1.29, 1.82) is 0 Å². The van der Waals surface area contributed by atoms with Crippen molar-refractivity contribution in [2.75, 3.05) is 17.2 Å². The quantitative estimate of drug-likeness (QED) is 0.0933. The van der Waals surface area contributed by atoms with Gasteiger partial charge in [-0.1, -0.05) is 60.7 Å². The highest BCUT2D eigenvalue weighted by Crippen LogP contribution is 2.44. The third-order valence-corrected chi connectivity index (χ3v) is 9.97. The van der Waals surface area contributed by atoms with E-state index in [9.17, 15) is 24.0 Å². The van der Waals surface area contributed by atoms with Crippen LogP contribution in [-0.4, -0.2) is 75.9 Å². The summed E-state index contributed by atoms with van der Waals surface area (Å²) in [7, 11) is 0. The molecule has 278 valence electrons. The molecule has 0 spiro atoms. The summed E-state index contributed by atoms with van der Waals surface area (Å²) in [5.41, 5.74) is 1.46. The number of hydrogen-bond donors (Lipinski definition) is 1. The summed E-state index contributed by atoms with van der Waals surface area (Å²) in [4.78, 5) is 70.3. The minimum absolute atomic E-state index is 0.250. The van der Waals surface area contributed by atoms with Crippen molar-refractivity contribution < 1.29 is 42.9 Å². The molecule has 3 aromatic rings. The highest BCUT2D eigenvalue weighted by Gasteiger charge is 2.58. The van der Waals surface area contributed by atoms with Gasteiger partial charge in [-0.15, -0.1) is 11.8 Å². The molecule has 3 aromatic carbocycles. The Morgan fingerprint density at radius 1 is 0.811 bits per heavy atom. The maximum absolute atomic E-state index is 14.5. The van der Waals surface area contributed by atoms with Crippen molar-refractivity contribution in [3.63, 3.8) is 0 Å². The normalized spacial score (nSPS) is 21.5. The lowest BCUT2D eigenvalue weighted by Gasteiger charge is -2.53. The molecule has 3 amide bonds. The fourth-order valence-electron chi connectivity index (χ4n) is 6.40. The fraction of sp³-hybridized carbons (Fsp3) is 0.375. The number of esters is 1. The van der Waals surface area contributed by atoms with Crippen LogP contribution in [0, 0.1) is 0 Å². The topological polar surface area (TPSA) is 141 Å². The summed E-state index contributed by atoms with van der Waals surface area (Å²) >= 11 is 1.36. The molecule has 0 aliphatic carbocycles. The van der Waals surface area contributed by atoms with Crippen LogP contribution in [0.2, 0.25) is 0 Å². The van der Waals surface area contributed by atoms with Crippen molar-refractivity contribution in [2.24, 2.45) is 0 Å². The number of amides is 3. The Bertz CT molecular complexity index is 1860. The second-order valence-corrected chi connectivity index (χ2v) is 16.0. The van der Waals surface area contributed by atoms with E-state index in [4.69, 9.17) is 18.9 Å². The molecule has 3 saturated heterocycles. The molecule has 0 saturated carbocycles. The van der Waals surface area contributed by atoms with Crippen LogP contribution in [0.5, 0.6) is 5.75 Å². The molecule has 13 heteroatoms. The number of nitrogens with one attached hydrogen (secondary N) is 1. The number of carbonyl (C=O) groups excluding carboxylic acids is 5. The van der Waals surface area contributed by atoms with Crippen molar-refractivity contribution in [3.8, 4) is 5.75 Å². The highest BCUT2D eigenvalue weighted by molar-refractivity contribution is 8.00. The molecule has 3 aliphatic rings. The fourth-order valence-corrected chi connectivity index (χ4v) is 7.85. The molecule has 0 bridgehead atoms. The van der Waals surface area contributed by atoms with Crippen molar-refractivity contribution in [3.05, 3.63) is 107 Å². The van der Waals surface area contributed by atoms with Gasteiger partial charge in [-0.2, -0.15) is 0 Å². The lowest BCUT2D eigenvalue weighted by Crippen LogP contribution is -2.75. The Hall–Kier alpha value is -5.30. The number of β-lactam (4-membered cyclic amide) rings is 1. The predicted molar refractivity (Wildman–Crippen MR) is 198 cm³/mol. The average molecular weight is 742 g/mol. The van der Waals surface area contributed by atoms with Crippen LogP contribution in [0.15, 0.2) is 96.1 Å². The van der Waals surface area contributed by atoms with Gasteiger partial charge in [-0.25, -0.2) is 14.4 Å². The lowest BCUT2D eigenvalue weighted by molar-refractivity contribution is -0.165. The zero-order chi connectivity index (χ0) is 38.1. The largest absolute Gasteiger partial charge is 0.514 e. The monoisotopic (exact) mass is 741 g/mol. The SMILES string of the molecule is CC(C)(C)OC(=O)N[C@@H]1C(=O)N2C(C(=O)OC(c3ccccc3)c3ccccc3)/C(=C3\CCN(c4ccc(OC(=O)OC(C)(C)C)cc4)C3=O)CS[C@H]12. The van der Waals surface area contributed by atoms with Crippen LogP contribution in [0.25, 0.3) is 0 Å². The number of alkyl carbamates (subject to hydrolysis) is 1. The van der Waals surface area contributed by atoms with E-state index in [1.807, 2.05) is 60.7 Å². The van der Waals surface area contributed by atoms with Crippen LogP contribution in [0.3, 0.4) is 0 Å². The minimum Gasteiger partial charge on any atom is -0.451 e. The van der Waals surface area contributed by atoms with Gasteiger partial charge in [0.25, 0.3) is 5.91 Å². The summed E-state index contributed by atoms with van der Waals surface area (Å²) in [5, 5.41) is 2.08. The van der Waals surface area contributed by atoms with Crippen LogP contribution in [0.4, 0.5) is 15.3 Å². The molecule has 3 heterocycles. The highest BCUT2D eigenvalue weighted by atomic mass is 32.2. The van der Waals surface area contributed by atoms with Crippen LogP contribution in [0.1, 0.15) is 65.2 Å². The van der Waals surface area contributed by atoms with E-state index in [1.165, 1.54) is 16.7 Å². The maximum Gasteiger partial charge on any atom is 0.514 e. The summed E-state index contributed by atoms with van der Waals surface area (Å²) in [6.07, 6.45) is -2.04. The number of ether oxygens (including phenoxy) is 4. The number of carbonyl (C=O) groups is 5. The smallest absolute Gasteiger partial charge is 0.451 e. The van der Waals surface area contributed by atoms with Gasteiger partial charge in [-0.3, -0.25) is 9.59 Å². The number of anilines is 1. The molecule has 3 aliphatic heterocycles. The third-order valence-electron chi connectivity index (χ3n) is 8.65. The molecule has 0 aromatic heterocycles. The molecular weight excluding hydrogens is 699 g/mol. The van der Waals surface area contributed by atoms with E-state index in [2.05, 4.69) is 5.32 Å². The summed E-state index contributed by atoms with van der Waals surface area (Å²) in [6.45, 7) is 10.7. The van der Waals surface area contributed by atoms with Crippen molar-refractivity contribution in [1.82, 2.24) is 10.2 Å². The number of nitrogens with zero attached hydrogens (tertiary/aromatic N) is 2. The molecule has 1 N–H and O–H groups in total. The van der Waals surface area contributed by atoms with E-state index in [0.29, 0.717) is 29.8 Å². The van der Waals surface area contributed by atoms with Gasteiger partial charge < -0.3 is 34.1 Å². The van der Waals surface area contributed by atoms with Gasteiger partial charge >= 0.3 is 18.2 Å². The Labute approximate surface area is 312 Å². The second kappa shape index (κ2) is 15.0. The average Bonchev–Trinajstić information content (AvgIpc) is 3.48. The first-order valence-electron chi connectivity index (χ1n) is 17.4. The van der Waals surface area contributed by atoms with E-state index < -0.39 is 58.9 Å². The lowest BCUT2D eigenvalue weighted by atomic mass is 9.93. The Morgan fingerprint density at radius 2 is 1.40 bits per heavy atom. The molecule has 6 rings (SSSR count). The van der Waals surface area contributed by atoms with Gasteiger partial charge in [0.1, 0.15) is 28.4 Å². The van der Waals surface area contributed by atoms with Gasteiger partial charge in [0.05, 0.1) is 0 Å². The standard InChI is InChI=1S/C40H43N3O9S/c1-39(2,3)51-37(47)41-30-34(45)43-31(36(46)50-32(24-13-9-7-10-14-24)25-15-11-8-12-16-25)29(23-53-35(30)43)28-21-22-42(33(28)44)26-17-19-27(20-18-26)49-38(48)52-40(4,5)6/h7-20,30-32,35H,21-23H2,1-6H3,(H,41,47)/b29-28+/t30-,31?,35-/m1/s1. The maximum atomic E-state index is 14.5. The molecule has 1 unspecified atom stereocenters. The zero-order valence-corrected chi connectivity index (χ0v) is 31.3. The van der Waals surface area contributed by atoms with Crippen molar-refractivity contribution >= 4 is 47.5 Å². The predicted octanol–water partition coefficient (Wildman–Crippen LogP) is 6.54. The second-order valence-electron chi connectivity index (χ2n) is 14.9. The van der Waals surface area contributed by atoms with Crippen LogP contribution < -0.4 is 15.0 Å². The van der Waals surface area contributed by atoms with E-state index in [0.717, 1.165) is 11.1 Å². The van der Waals surface area contributed by atoms with E-state index >= 15 is 0 Å². The molecule has 3 atom stereocenters. The van der Waals surface area contributed by atoms with Crippen LogP contribution >= 0.6 is 11.8 Å². The molecular formula is C40H43N3O9S.